The van der Waals surface area contributed by atoms with Crippen LogP contribution in [-0.4, -0.2) is 17.6 Å². The van der Waals surface area contributed by atoms with Crippen LogP contribution < -0.4 is 5.32 Å². The maximum Gasteiger partial charge on any atom is 0.433 e. The summed E-state index contributed by atoms with van der Waals surface area (Å²) in [5.74, 6) is 0. The van der Waals surface area contributed by atoms with Crippen molar-refractivity contribution < 1.29 is 22.7 Å². The fourth-order valence-electron chi connectivity index (χ4n) is 2.03. The summed E-state index contributed by atoms with van der Waals surface area (Å²) in [7, 11) is 0. The minimum atomic E-state index is -4.50. The van der Waals surface area contributed by atoms with Crippen LogP contribution in [0.3, 0.4) is 0 Å². The average molecular weight is 350 g/mol. The van der Waals surface area contributed by atoms with Crippen molar-refractivity contribution in [2.75, 3.05) is 6.54 Å². The summed E-state index contributed by atoms with van der Waals surface area (Å²) >= 11 is 0. The Labute approximate surface area is 143 Å². The van der Waals surface area contributed by atoms with Crippen molar-refractivity contribution >= 4 is 12.2 Å². The molecule has 1 amide bonds. The summed E-state index contributed by atoms with van der Waals surface area (Å²) in [4.78, 5) is 14.9. The molecule has 0 radical (unpaired) electrons. The summed E-state index contributed by atoms with van der Waals surface area (Å²) in [6.45, 7) is 0.416. The molecule has 0 aliphatic carbocycles. The Kier molecular flexibility index (Phi) is 6.56. The van der Waals surface area contributed by atoms with Gasteiger partial charge in [-0.25, -0.2) is 4.79 Å². The van der Waals surface area contributed by atoms with Crippen molar-refractivity contribution in [3.05, 3.63) is 71.6 Å². The Morgan fingerprint density at radius 3 is 2.64 bits per heavy atom. The highest BCUT2D eigenvalue weighted by Gasteiger charge is 2.34. The number of aromatic nitrogens is 1. The number of halogens is 3. The average Bonchev–Trinajstić information content (AvgIpc) is 2.60. The van der Waals surface area contributed by atoms with Gasteiger partial charge in [0.2, 0.25) is 0 Å². The Balaban J connectivity index is 1.74. The van der Waals surface area contributed by atoms with E-state index in [1.807, 2.05) is 30.3 Å². The van der Waals surface area contributed by atoms with Crippen LogP contribution in [0.1, 0.15) is 23.2 Å². The van der Waals surface area contributed by atoms with Crippen LogP contribution in [0.2, 0.25) is 0 Å². The van der Waals surface area contributed by atoms with Crippen molar-refractivity contribution in [1.29, 1.82) is 0 Å². The Morgan fingerprint density at radius 1 is 1.16 bits per heavy atom. The van der Waals surface area contributed by atoms with Crippen molar-refractivity contribution in [2.45, 2.75) is 19.2 Å². The van der Waals surface area contributed by atoms with E-state index in [1.165, 1.54) is 18.2 Å². The highest BCUT2D eigenvalue weighted by atomic mass is 19.4. The summed E-state index contributed by atoms with van der Waals surface area (Å²) < 4.78 is 43.4. The van der Waals surface area contributed by atoms with Crippen LogP contribution in [0, 0.1) is 0 Å². The molecule has 2 rings (SSSR count). The monoisotopic (exact) mass is 350 g/mol. The molecule has 0 aliphatic rings. The molecule has 1 aromatic carbocycles. The highest BCUT2D eigenvalue weighted by molar-refractivity contribution is 5.67. The number of amides is 1. The molecular formula is C18H17F3N2O2. The number of hydrogen-bond acceptors (Lipinski definition) is 3. The molecule has 1 aromatic heterocycles. The normalized spacial score (nSPS) is 11.5. The lowest BCUT2D eigenvalue weighted by Gasteiger charge is -2.08. The Morgan fingerprint density at radius 2 is 1.92 bits per heavy atom. The number of nitrogens with zero attached hydrogens (tertiary/aromatic N) is 1. The van der Waals surface area contributed by atoms with Crippen LogP contribution in [-0.2, 0) is 17.5 Å². The standard InChI is InChI=1S/C18H17F3N2O2/c19-18(20,21)16-15(10-6-12-22-16)9-4-5-11-23-17(24)25-13-14-7-2-1-3-8-14/h1-4,6-10,12H,5,11,13H2,(H,23,24). The van der Waals surface area contributed by atoms with E-state index in [0.717, 1.165) is 11.8 Å². The summed E-state index contributed by atoms with van der Waals surface area (Å²) in [5, 5.41) is 2.53. The summed E-state index contributed by atoms with van der Waals surface area (Å²) in [6.07, 6.45) is -0.719. The van der Waals surface area contributed by atoms with E-state index in [0.29, 0.717) is 6.42 Å². The van der Waals surface area contributed by atoms with Crippen LogP contribution in [0.15, 0.2) is 54.7 Å². The molecule has 0 aliphatic heterocycles. The van der Waals surface area contributed by atoms with Gasteiger partial charge >= 0.3 is 12.3 Å². The first-order valence-electron chi connectivity index (χ1n) is 7.60. The predicted molar refractivity (Wildman–Crippen MR) is 87.5 cm³/mol. The lowest BCUT2D eigenvalue weighted by Crippen LogP contribution is -2.24. The first-order chi connectivity index (χ1) is 12.0. The molecule has 132 valence electrons. The minimum Gasteiger partial charge on any atom is -0.445 e. The van der Waals surface area contributed by atoms with Gasteiger partial charge in [-0.15, -0.1) is 0 Å². The zero-order valence-corrected chi connectivity index (χ0v) is 13.3. The van der Waals surface area contributed by atoms with Gasteiger partial charge in [0.25, 0.3) is 0 Å². The molecule has 0 bridgehead atoms. The number of carbonyl (C=O) groups is 1. The second kappa shape index (κ2) is 8.86. The highest BCUT2D eigenvalue weighted by Crippen LogP contribution is 2.30. The van der Waals surface area contributed by atoms with E-state index < -0.39 is 18.0 Å². The zero-order valence-electron chi connectivity index (χ0n) is 13.3. The van der Waals surface area contributed by atoms with Crippen molar-refractivity contribution in [2.24, 2.45) is 0 Å². The lowest BCUT2D eigenvalue weighted by molar-refractivity contribution is -0.141. The third kappa shape index (κ3) is 6.29. The third-order valence-corrected chi connectivity index (χ3v) is 3.20. The molecule has 1 N–H and O–H groups in total. The molecule has 0 spiro atoms. The molecular weight excluding hydrogens is 333 g/mol. The second-order valence-corrected chi connectivity index (χ2v) is 5.12. The van der Waals surface area contributed by atoms with E-state index in [4.69, 9.17) is 4.74 Å². The third-order valence-electron chi connectivity index (χ3n) is 3.20. The lowest BCUT2D eigenvalue weighted by atomic mass is 10.1. The van der Waals surface area contributed by atoms with E-state index in [9.17, 15) is 18.0 Å². The molecule has 0 unspecified atom stereocenters. The molecule has 1 heterocycles. The zero-order chi connectivity index (χ0) is 18.1. The molecule has 0 saturated heterocycles. The van der Waals surface area contributed by atoms with Crippen LogP contribution in [0.5, 0.6) is 0 Å². The first-order valence-corrected chi connectivity index (χ1v) is 7.60. The smallest absolute Gasteiger partial charge is 0.433 e. The van der Waals surface area contributed by atoms with Crippen LogP contribution >= 0.6 is 0 Å². The largest absolute Gasteiger partial charge is 0.445 e. The molecule has 4 nitrogen and oxygen atoms in total. The topological polar surface area (TPSA) is 51.2 Å². The Bertz CT molecular complexity index is 716. The Hall–Kier alpha value is -2.83. The van der Waals surface area contributed by atoms with E-state index >= 15 is 0 Å². The number of rotatable bonds is 6. The van der Waals surface area contributed by atoms with E-state index in [-0.39, 0.29) is 18.7 Å². The van der Waals surface area contributed by atoms with Gasteiger partial charge in [0, 0.05) is 18.3 Å². The van der Waals surface area contributed by atoms with Gasteiger partial charge in [-0.2, -0.15) is 13.2 Å². The quantitative estimate of drug-likeness (QED) is 0.784. The van der Waals surface area contributed by atoms with Gasteiger partial charge in [-0.1, -0.05) is 48.6 Å². The van der Waals surface area contributed by atoms with Gasteiger partial charge < -0.3 is 10.1 Å². The number of nitrogens with one attached hydrogen (secondary N) is 1. The number of pyridine rings is 1. The predicted octanol–water partition coefficient (Wildman–Crippen LogP) is 4.43. The number of alkyl carbamates (subject to hydrolysis) is 1. The van der Waals surface area contributed by atoms with Crippen molar-refractivity contribution in [3.63, 3.8) is 0 Å². The van der Waals surface area contributed by atoms with Gasteiger partial charge in [0.1, 0.15) is 6.61 Å². The maximum atomic E-state index is 12.8. The first kappa shape index (κ1) is 18.5. The SMILES string of the molecule is O=C(NCCC=Cc1cccnc1C(F)(F)F)OCc1ccccc1. The molecule has 7 heteroatoms. The van der Waals surface area contributed by atoms with Crippen LogP contribution in [0.4, 0.5) is 18.0 Å². The summed E-state index contributed by atoms with van der Waals surface area (Å²) in [6, 6.07) is 12.0. The molecule has 0 atom stereocenters. The van der Waals surface area contributed by atoms with Crippen molar-refractivity contribution in [3.8, 4) is 0 Å². The summed E-state index contributed by atoms with van der Waals surface area (Å²) in [5.41, 5.74) is -0.0723. The second-order valence-electron chi connectivity index (χ2n) is 5.12. The van der Waals surface area contributed by atoms with E-state index in [2.05, 4.69) is 10.3 Å². The number of alkyl halides is 3. The number of ether oxygens (including phenoxy) is 1. The minimum absolute atomic E-state index is 0.0124. The fraction of sp³-hybridized carbons (Fsp3) is 0.222. The van der Waals surface area contributed by atoms with Gasteiger partial charge in [0.15, 0.2) is 5.69 Å². The molecule has 0 fully saturated rings. The molecule has 0 saturated carbocycles. The van der Waals surface area contributed by atoms with Gasteiger partial charge in [-0.3, -0.25) is 4.98 Å². The van der Waals surface area contributed by atoms with E-state index in [1.54, 1.807) is 6.08 Å². The maximum absolute atomic E-state index is 12.8. The number of benzene rings is 1. The fourth-order valence-corrected chi connectivity index (χ4v) is 2.03. The molecule has 25 heavy (non-hydrogen) atoms. The number of carbonyl (C=O) groups excluding carboxylic acids is 1. The van der Waals surface area contributed by atoms with Gasteiger partial charge in [-0.05, 0) is 18.1 Å². The number of hydrogen-bond donors (Lipinski definition) is 1. The van der Waals surface area contributed by atoms with Crippen LogP contribution in [0.25, 0.3) is 6.08 Å². The van der Waals surface area contributed by atoms with Gasteiger partial charge in [0.05, 0.1) is 0 Å². The molecule has 2 aromatic rings. The van der Waals surface area contributed by atoms with Crippen molar-refractivity contribution in [1.82, 2.24) is 10.3 Å².